The van der Waals surface area contributed by atoms with Gasteiger partial charge in [-0.05, 0) is 69.6 Å². The van der Waals surface area contributed by atoms with Crippen LogP contribution >= 0.6 is 0 Å². The lowest BCUT2D eigenvalue weighted by atomic mass is 9.85. The number of hydrogen-bond acceptors (Lipinski definition) is 2. The predicted octanol–water partition coefficient (Wildman–Crippen LogP) is 4.18. The second kappa shape index (κ2) is 7.49. The van der Waals surface area contributed by atoms with E-state index in [0.717, 1.165) is 18.4 Å². The summed E-state index contributed by atoms with van der Waals surface area (Å²) >= 11 is 0. The van der Waals surface area contributed by atoms with Gasteiger partial charge < -0.3 is 9.47 Å². The highest BCUT2D eigenvalue weighted by Gasteiger charge is 2.22. The smallest absolute Gasteiger partial charge is 0.0575 e. The molecule has 18 heavy (non-hydrogen) atoms. The highest BCUT2D eigenvalue weighted by Crippen LogP contribution is 2.29. The molecule has 0 unspecified atom stereocenters. The molecule has 0 radical (unpaired) electrons. The van der Waals surface area contributed by atoms with Gasteiger partial charge in [0.05, 0.1) is 12.2 Å². The normalized spacial score (nSPS) is 37.7. The summed E-state index contributed by atoms with van der Waals surface area (Å²) in [6.45, 7) is 3.35. The third kappa shape index (κ3) is 4.55. The minimum Gasteiger partial charge on any atom is -0.381 e. The molecule has 106 valence electrons. The Morgan fingerprint density at radius 3 is 2.06 bits per heavy atom. The molecule has 0 spiro atoms. The van der Waals surface area contributed by atoms with Crippen molar-refractivity contribution in [3.63, 3.8) is 0 Å². The van der Waals surface area contributed by atoms with Gasteiger partial charge in [-0.1, -0.05) is 6.92 Å². The van der Waals surface area contributed by atoms with Gasteiger partial charge in [0.25, 0.3) is 0 Å². The van der Waals surface area contributed by atoms with Crippen LogP contribution in [0.3, 0.4) is 0 Å². The highest BCUT2D eigenvalue weighted by molar-refractivity contribution is 4.73. The van der Waals surface area contributed by atoms with Crippen LogP contribution in [0.4, 0.5) is 0 Å². The van der Waals surface area contributed by atoms with Crippen LogP contribution in [0.15, 0.2) is 0 Å². The molecule has 2 saturated carbocycles. The van der Waals surface area contributed by atoms with Crippen LogP contribution < -0.4 is 0 Å². The first kappa shape index (κ1) is 14.3. The molecule has 2 aliphatic rings. The van der Waals surface area contributed by atoms with Gasteiger partial charge in [0.15, 0.2) is 0 Å². The Bertz CT molecular complexity index is 213. The molecule has 0 N–H and O–H groups in total. The van der Waals surface area contributed by atoms with Gasteiger partial charge in [-0.3, -0.25) is 0 Å². The van der Waals surface area contributed by atoms with E-state index in [1.165, 1.54) is 57.8 Å². The summed E-state index contributed by atoms with van der Waals surface area (Å²) in [4.78, 5) is 0. The summed E-state index contributed by atoms with van der Waals surface area (Å²) in [5.41, 5.74) is 0. The van der Waals surface area contributed by atoms with Crippen molar-refractivity contribution in [2.75, 3.05) is 13.7 Å². The minimum atomic E-state index is 0.530. The van der Waals surface area contributed by atoms with Gasteiger partial charge in [-0.2, -0.15) is 0 Å². The zero-order chi connectivity index (χ0) is 12.8. The fourth-order valence-corrected chi connectivity index (χ4v) is 3.45. The van der Waals surface area contributed by atoms with Crippen molar-refractivity contribution >= 4 is 0 Å². The largest absolute Gasteiger partial charge is 0.381 e. The maximum atomic E-state index is 6.06. The Morgan fingerprint density at radius 2 is 1.44 bits per heavy atom. The van der Waals surface area contributed by atoms with Crippen LogP contribution in [0.25, 0.3) is 0 Å². The molecule has 0 amide bonds. The standard InChI is InChI=1S/C16H30O2/c1-13-3-7-16(8-4-13)18-12-11-14-5-9-15(17-2)10-6-14/h13-16H,3-12H2,1-2H3/t13-,14-,15+,16-. The molecule has 2 fully saturated rings. The Balaban J connectivity index is 1.53. The summed E-state index contributed by atoms with van der Waals surface area (Å²) in [7, 11) is 1.85. The Morgan fingerprint density at radius 1 is 0.833 bits per heavy atom. The third-order valence-electron chi connectivity index (χ3n) is 4.97. The SMILES string of the molecule is CO[C@H]1CC[C@@H](CCO[C@H]2CC[C@H](C)CC2)CC1. The van der Waals surface area contributed by atoms with Crippen molar-refractivity contribution in [3.05, 3.63) is 0 Å². The molecule has 2 rings (SSSR count). The molecule has 0 atom stereocenters. The second-order valence-corrected chi connectivity index (χ2v) is 6.42. The number of methoxy groups -OCH3 is 1. The van der Waals surface area contributed by atoms with E-state index in [0.29, 0.717) is 12.2 Å². The topological polar surface area (TPSA) is 18.5 Å². The lowest BCUT2D eigenvalue weighted by Crippen LogP contribution is -2.24. The average Bonchev–Trinajstić information content (AvgIpc) is 2.42. The van der Waals surface area contributed by atoms with Crippen molar-refractivity contribution in [1.82, 2.24) is 0 Å². The first-order chi connectivity index (χ1) is 8.78. The molecule has 2 heteroatoms. The molecular weight excluding hydrogens is 224 g/mol. The molecule has 2 nitrogen and oxygen atoms in total. The summed E-state index contributed by atoms with van der Waals surface area (Å²) in [6, 6.07) is 0. The van der Waals surface area contributed by atoms with Crippen molar-refractivity contribution in [1.29, 1.82) is 0 Å². The average molecular weight is 254 g/mol. The van der Waals surface area contributed by atoms with Crippen LogP contribution in [0.1, 0.15) is 64.7 Å². The first-order valence-corrected chi connectivity index (χ1v) is 7.92. The van der Waals surface area contributed by atoms with Gasteiger partial charge in [0.1, 0.15) is 0 Å². The molecule has 2 aliphatic carbocycles. The van der Waals surface area contributed by atoms with Crippen LogP contribution in [0.5, 0.6) is 0 Å². The molecule has 0 aliphatic heterocycles. The van der Waals surface area contributed by atoms with Gasteiger partial charge in [0, 0.05) is 13.7 Å². The quantitative estimate of drug-likeness (QED) is 0.733. The van der Waals surface area contributed by atoms with E-state index in [9.17, 15) is 0 Å². The van der Waals surface area contributed by atoms with E-state index in [1.807, 2.05) is 7.11 Å². The van der Waals surface area contributed by atoms with Gasteiger partial charge in [-0.25, -0.2) is 0 Å². The maximum Gasteiger partial charge on any atom is 0.0575 e. The molecular formula is C16H30O2. The van der Waals surface area contributed by atoms with Crippen molar-refractivity contribution in [2.45, 2.75) is 76.9 Å². The summed E-state index contributed by atoms with van der Waals surface area (Å²) in [6.07, 6.45) is 12.8. The lowest BCUT2D eigenvalue weighted by molar-refractivity contribution is 0.00442. The van der Waals surface area contributed by atoms with E-state index in [-0.39, 0.29) is 0 Å². The van der Waals surface area contributed by atoms with E-state index < -0.39 is 0 Å². The fraction of sp³-hybridized carbons (Fsp3) is 1.00. The van der Waals surface area contributed by atoms with E-state index in [2.05, 4.69) is 6.92 Å². The van der Waals surface area contributed by atoms with Crippen molar-refractivity contribution < 1.29 is 9.47 Å². The maximum absolute atomic E-state index is 6.06. The minimum absolute atomic E-state index is 0.530. The van der Waals surface area contributed by atoms with Crippen LogP contribution in [0, 0.1) is 11.8 Å². The predicted molar refractivity (Wildman–Crippen MR) is 74.7 cm³/mol. The molecule has 0 bridgehead atoms. The number of hydrogen-bond donors (Lipinski definition) is 0. The molecule has 0 saturated heterocycles. The molecule has 0 aromatic carbocycles. The summed E-state index contributed by atoms with van der Waals surface area (Å²) < 4.78 is 11.5. The van der Waals surface area contributed by atoms with Crippen LogP contribution in [0.2, 0.25) is 0 Å². The van der Waals surface area contributed by atoms with E-state index in [4.69, 9.17) is 9.47 Å². The van der Waals surface area contributed by atoms with Crippen molar-refractivity contribution in [2.24, 2.45) is 11.8 Å². The monoisotopic (exact) mass is 254 g/mol. The molecule has 0 aromatic heterocycles. The van der Waals surface area contributed by atoms with Crippen LogP contribution in [-0.4, -0.2) is 25.9 Å². The van der Waals surface area contributed by atoms with Crippen molar-refractivity contribution in [3.8, 4) is 0 Å². The Labute approximate surface area is 112 Å². The second-order valence-electron chi connectivity index (χ2n) is 6.42. The Hall–Kier alpha value is -0.0800. The van der Waals surface area contributed by atoms with Gasteiger partial charge in [0.2, 0.25) is 0 Å². The molecule has 0 heterocycles. The summed E-state index contributed by atoms with van der Waals surface area (Å²) in [5.74, 6) is 1.81. The van der Waals surface area contributed by atoms with E-state index >= 15 is 0 Å². The zero-order valence-electron chi connectivity index (χ0n) is 12.2. The highest BCUT2D eigenvalue weighted by atomic mass is 16.5. The fourth-order valence-electron chi connectivity index (χ4n) is 3.45. The third-order valence-corrected chi connectivity index (χ3v) is 4.97. The zero-order valence-corrected chi connectivity index (χ0v) is 12.2. The Kier molecular flexibility index (Phi) is 5.97. The van der Waals surface area contributed by atoms with E-state index in [1.54, 1.807) is 0 Å². The first-order valence-electron chi connectivity index (χ1n) is 7.92. The number of ether oxygens (including phenoxy) is 2. The number of rotatable bonds is 5. The molecule has 0 aromatic rings. The van der Waals surface area contributed by atoms with Gasteiger partial charge >= 0.3 is 0 Å². The lowest BCUT2D eigenvalue weighted by Gasteiger charge is -2.29. The van der Waals surface area contributed by atoms with Gasteiger partial charge in [-0.15, -0.1) is 0 Å². The summed E-state index contributed by atoms with van der Waals surface area (Å²) in [5, 5.41) is 0. The van der Waals surface area contributed by atoms with Crippen LogP contribution in [-0.2, 0) is 9.47 Å².